The number of rotatable bonds is 62. The number of ether oxygens (including phenoxy) is 1. The maximum Gasteiger partial charge on any atom is 0.305 e. The van der Waals surface area contributed by atoms with Gasteiger partial charge in [-0.15, -0.1) is 0 Å². The van der Waals surface area contributed by atoms with Crippen molar-refractivity contribution in [3.63, 3.8) is 0 Å². The van der Waals surface area contributed by atoms with E-state index in [0.29, 0.717) is 19.4 Å². The molecule has 0 aliphatic rings. The number of esters is 1. The van der Waals surface area contributed by atoms with Crippen LogP contribution >= 0.6 is 0 Å². The Balaban J connectivity index is 3.40. The first-order valence-corrected chi connectivity index (χ1v) is 33.0. The molecule has 2 unspecified atom stereocenters. The lowest BCUT2D eigenvalue weighted by Gasteiger charge is -2.20. The molecule has 0 aromatic rings. The van der Waals surface area contributed by atoms with Gasteiger partial charge in [0, 0.05) is 12.8 Å². The molecule has 0 fully saturated rings. The Morgan fingerprint density at radius 2 is 0.639 bits per heavy atom. The lowest BCUT2D eigenvalue weighted by atomic mass is 10.0. The van der Waals surface area contributed by atoms with Crippen molar-refractivity contribution in [1.82, 2.24) is 5.32 Å². The minimum atomic E-state index is -0.845. The summed E-state index contributed by atoms with van der Waals surface area (Å²) in [6.45, 7) is 4.94. The second kappa shape index (κ2) is 62.1. The SMILES string of the molecule is CCCCCCCCCCCCCCCCCCC/C=C/C(O)C(CO)NC(=O)CCCCCCCCCCCCCCCCCCCCCCCOC(=O)CCCCCCCCCCCCCCCCC. The molecule has 0 rings (SSSR count). The number of amides is 1. The molecular weight excluding hydrogens is 887 g/mol. The van der Waals surface area contributed by atoms with E-state index in [9.17, 15) is 19.8 Å². The van der Waals surface area contributed by atoms with Crippen LogP contribution in [0.3, 0.4) is 0 Å². The van der Waals surface area contributed by atoms with Gasteiger partial charge in [0.1, 0.15) is 0 Å². The van der Waals surface area contributed by atoms with Crippen LogP contribution in [-0.4, -0.2) is 47.4 Å². The largest absolute Gasteiger partial charge is 0.466 e. The molecule has 1 amide bonds. The highest BCUT2D eigenvalue weighted by Gasteiger charge is 2.18. The number of aliphatic hydroxyl groups excluding tert-OH is 2. The highest BCUT2D eigenvalue weighted by Crippen LogP contribution is 2.19. The van der Waals surface area contributed by atoms with Gasteiger partial charge in [-0.05, 0) is 32.1 Å². The Kier molecular flexibility index (Phi) is 60.9. The van der Waals surface area contributed by atoms with Crippen LogP contribution in [0.2, 0.25) is 0 Å². The molecular formula is C66H129NO5. The Morgan fingerprint density at radius 1 is 0.375 bits per heavy atom. The predicted molar refractivity (Wildman–Crippen MR) is 315 cm³/mol. The number of unbranched alkanes of at least 4 members (excludes halogenated alkanes) is 51. The minimum Gasteiger partial charge on any atom is -0.466 e. The van der Waals surface area contributed by atoms with Crippen molar-refractivity contribution < 1.29 is 24.5 Å². The van der Waals surface area contributed by atoms with Gasteiger partial charge in [-0.25, -0.2) is 0 Å². The van der Waals surface area contributed by atoms with E-state index in [0.717, 1.165) is 38.5 Å². The maximum absolute atomic E-state index is 12.5. The van der Waals surface area contributed by atoms with Gasteiger partial charge in [-0.3, -0.25) is 9.59 Å². The van der Waals surface area contributed by atoms with Crippen molar-refractivity contribution in [3.8, 4) is 0 Å². The summed E-state index contributed by atoms with van der Waals surface area (Å²) in [6.07, 6.45) is 75.5. The van der Waals surface area contributed by atoms with Crippen LogP contribution < -0.4 is 5.32 Å². The van der Waals surface area contributed by atoms with E-state index >= 15 is 0 Å². The fourth-order valence-corrected chi connectivity index (χ4v) is 10.5. The number of hydrogen-bond donors (Lipinski definition) is 3. The zero-order valence-electron chi connectivity index (χ0n) is 48.9. The fourth-order valence-electron chi connectivity index (χ4n) is 10.5. The van der Waals surface area contributed by atoms with E-state index < -0.39 is 12.1 Å². The Bertz CT molecular complexity index is 1080. The third-order valence-corrected chi connectivity index (χ3v) is 15.6. The van der Waals surface area contributed by atoms with Gasteiger partial charge in [0.25, 0.3) is 0 Å². The summed E-state index contributed by atoms with van der Waals surface area (Å²) in [5.41, 5.74) is 0. The first-order valence-electron chi connectivity index (χ1n) is 33.0. The summed E-state index contributed by atoms with van der Waals surface area (Å²) in [4.78, 5) is 24.6. The zero-order chi connectivity index (χ0) is 52.2. The molecule has 0 aliphatic carbocycles. The lowest BCUT2D eigenvalue weighted by molar-refractivity contribution is -0.143. The molecule has 72 heavy (non-hydrogen) atoms. The Morgan fingerprint density at radius 3 is 0.944 bits per heavy atom. The molecule has 0 bridgehead atoms. The van der Waals surface area contributed by atoms with Crippen molar-refractivity contribution in [3.05, 3.63) is 12.2 Å². The van der Waals surface area contributed by atoms with Crippen LogP contribution in [0, 0.1) is 0 Å². The van der Waals surface area contributed by atoms with E-state index in [-0.39, 0.29) is 18.5 Å². The Hall–Kier alpha value is -1.40. The third-order valence-electron chi connectivity index (χ3n) is 15.6. The molecule has 2 atom stereocenters. The fraction of sp³-hybridized carbons (Fsp3) is 0.939. The van der Waals surface area contributed by atoms with Crippen LogP contribution in [0.25, 0.3) is 0 Å². The second-order valence-corrected chi connectivity index (χ2v) is 22.8. The van der Waals surface area contributed by atoms with E-state index in [1.54, 1.807) is 6.08 Å². The molecule has 0 saturated heterocycles. The molecule has 0 aromatic heterocycles. The number of carbonyl (C=O) groups is 2. The first kappa shape index (κ1) is 70.6. The number of carbonyl (C=O) groups excluding carboxylic acids is 2. The predicted octanol–water partition coefficient (Wildman–Crippen LogP) is 20.8. The quantitative estimate of drug-likeness (QED) is 0.0320. The monoisotopic (exact) mass is 1020 g/mol. The molecule has 0 aliphatic heterocycles. The van der Waals surface area contributed by atoms with E-state index in [1.807, 2.05) is 6.08 Å². The maximum atomic E-state index is 12.5. The van der Waals surface area contributed by atoms with Gasteiger partial charge in [0.15, 0.2) is 0 Å². The highest BCUT2D eigenvalue weighted by molar-refractivity contribution is 5.76. The molecule has 0 saturated carbocycles. The molecule has 0 radical (unpaired) electrons. The van der Waals surface area contributed by atoms with Gasteiger partial charge >= 0.3 is 5.97 Å². The average Bonchev–Trinajstić information content (AvgIpc) is 3.38. The normalized spacial score (nSPS) is 12.6. The lowest BCUT2D eigenvalue weighted by Crippen LogP contribution is -2.45. The Labute approximate surface area is 450 Å². The highest BCUT2D eigenvalue weighted by atomic mass is 16.5. The summed E-state index contributed by atoms with van der Waals surface area (Å²) < 4.78 is 5.49. The van der Waals surface area contributed by atoms with Crippen molar-refractivity contribution in [2.45, 2.75) is 386 Å². The van der Waals surface area contributed by atoms with Gasteiger partial charge in [-0.1, -0.05) is 341 Å². The van der Waals surface area contributed by atoms with Gasteiger partial charge < -0.3 is 20.3 Å². The summed E-state index contributed by atoms with van der Waals surface area (Å²) in [6, 6.07) is -0.628. The topological polar surface area (TPSA) is 95.9 Å². The summed E-state index contributed by atoms with van der Waals surface area (Å²) >= 11 is 0. The molecule has 6 nitrogen and oxygen atoms in total. The molecule has 0 heterocycles. The van der Waals surface area contributed by atoms with Gasteiger partial charge in [0.2, 0.25) is 5.91 Å². The van der Waals surface area contributed by atoms with Gasteiger partial charge in [-0.2, -0.15) is 0 Å². The number of nitrogens with one attached hydrogen (secondary N) is 1. The van der Waals surface area contributed by atoms with E-state index in [2.05, 4.69) is 19.2 Å². The molecule has 6 heteroatoms. The van der Waals surface area contributed by atoms with E-state index in [1.165, 1.54) is 308 Å². The number of allylic oxidation sites excluding steroid dienone is 1. The molecule has 0 spiro atoms. The van der Waals surface area contributed by atoms with Crippen molar-refractivity contribution in [1.29, 1.82) is 0 Å². The minimum absolute atomic E-state index is 0.0152. The van der Waals surface area contributed by atoms with Crippen molar-refractivity contribution >= 4 is 11.9 Å². The van der Waals surface area contributed by atoms with Crippen LogP contribution in [0.1, 0.15) is 373 Å². The smallest absolute Gasteiger partial charge is 0.305 e. The van der Waals surface area contributed by atoms with Crippen LogP contribution in [-0.2, 0) is 14.3 Å². The number of hydrogen-bond acceptors (Lipinski definition) is 5. The third kappa shape index (κ3) is 57.9. The summed E-state index contributed by atoms with van der Waals surface area (Å²) in [7, 11) is 0. The zero-order valence-corrected chi connectivity index (χ0v) is 48.9. The molecule has 0 aromatic carbocycles. The average molecular weight is 1020 g/mol. The standard InChI is InChI=1S/C66H129NO5/c1-3-5-7-9-11-13-15-17-19-20-24-27-31-34-38-42-46-50-54-58-64(69)63(62-68)67-65(70)59-55-51-47-43-39-35-32-28-25-22-21-23-26-29-33-37-41-45-49-53-57-61-72-66(71)60-56-52-48-44-40-36-30-18-16-14-12-10-8-6-4-2/h54,58,63-64,68-69H,3-53,55-57,59-62H2,1-2H3,(H,67,70)/b58-54+. The first-order chi connectivity index (χ1) is 35.5. The summed E-state index contributed by atoms with van der Waals surface area (Å²) in [5.74, 6) is -0.0499. The molecule has 3 N–H and O–H groups in total. The van der Waals surface area contributed by atoms with Crippen molar-refractivity contribution in [2.75, 3.05) is 13.2 Å². The van der Waals surface area contributed by atoms with Crippen molar-refractivity contribution in [2.24, 2.45) is 0 Å². The number of aliphatic hydroxyl groups is 2. The van der Waals surface area contributed by atoms with Crippen LogP contribution in [0.4, 0.5) is 0 Å². The summed E-state index contributed by atoms with van der Waals surface area (Å²) in [5, 5.41) is 23.2. The second-order valence-electron chi connectivity index (χ2n) is 22.8. The molecule has 428 valence electrons. The van der Waals surface area contributed by atoms with Crippen LogP contribution in [0.15, 0.2) is 12.2 Å². The van der Waals surface area contributed by atoms with E-state index in [4.69, 9.17) is 4.74 Å². The van der Waals surface area contributed by atoms with Gasteiger partial charge in [0.05, 0.1) is 25.4 Å². The van der Waals surface area contributed by atoms with Crippen LogP contribution in [0.5, 0.6) is 0 Å².